The highest BCUT2D eigenvalue weighted by Gasteiger charge is 2.41. The molecule has 0 aliphatic carbocycles. The first-order valence-electron chi connectivity index (χ1n) is 15.7. The zero-order valence-corrected chi connectivity index (χ0v) is 28.6. The second-order valence-corrected chi connectivity index (χ2v) is 14.8. The van der Waals surface area contributed by atoms with Gasteiger partial charge in [-0.25, -0.2) is 18.4 Å². The molecule has 0 bridgehead atoms. The normalized spacial score (nSPS) is 17.9. The summed E-state index contributed by atoms with van der Waals surface area (Å²) in [4.78, 5) is 34.9. The average molecular weight is 716 g/mol. The number of hydrogen-bond acceptors (Lipinski definition) is 8. The fourth-order valence-electron chi connectivity index (χ4n) is 6.44. The van der Waals surface area contributed by atoms with E-state index in [9.17, 15) is 18.0 Å². The van der Waals surface area contributed by atoms with Crippen LogP contribution in [0.15, 0.2) is 60.0 Å². The van der Waals surface area contributed by atoms with E-state index in [0.29, 0.717) is 49.3 Å². The number of nitrogens with one attached hydrogen (secondary N) is 1. The van der Waals surface area contributed by atoms with Crippen molar-refractivity contribution < 1.29 is 27.9 Å². The van der Waals surface area contributed by atoms with E-state index in [1.165, 1.54) is 16.4 Å². The van der Waals surface area contributed by atoms with Gasteiger partial charge in [-0.2, -0.15) is 4.31 Å². The van der Waals surface area contributed by atoms with Crippen LogP contribution < -0.4 is 10.1 Å². The molecule has 2 aromatic carbocycles. The summed E-state index contributed by atoms with van der Waals surface area (Å²) < 4.78 is 37.3. The van der Waals surface area contributed by atoms with Crippen molar-refractivity contribution >= 4 is 56.0 Å². The van der Waals surface area contributed by atoms with Crippen LogP contribution in [0.1, 0.15) is 36.9 Å². The van der Waals surface area contributed by atoms with Crippen molar-refractivity contribution in [2.24, 2.45) is 5.92 Å². The van der Waals surface area contributed by atoms with E-state index in [-0.39, 0.29) is 46.5 Å². The summed E-state index contributed by atoms with van der Waals surface area (Å²) in [6.07, 6.45) is 7.67. The van der Waals surface area contributed by atoms with Gasteiger partial charge in [-0.3, -0.25) is 14.5 Å². The molecular formula is C33H36Cl2N6O6S. The van der Waals surface area contributed by atoms with Crippen molar-refractivity contribution in [3.8, 4) is 11.4 Å². The van der Waals surface area contributed by atoms with E-state index in [1.54, 1.807) is 18.6 Å². The molecule has 12 nitrogen and oxygen atoms in total. The SMILES string of the molecule is Cc1cc(-n2ccnc2)c2cccc(OCc3c(Cl)ccc(S(=O)(=O)N4CCC[C@H]4C(=O)NCC4CCN(CC(=O)O)CC4)c3Cl)c2n1. The number of aliphatic carboxylic acids is 1. The van der Waals surface area contributed by atoms with E-state index in [4.69, 9.17) is 38.0 Å². The predicted octanol–water partition coefficient (Wildman–Crippen LogP) is 4.68. The monoisotopic (exact) mass is 714 g/mol. The smallest absolute Gasteiger partial charge is 0.317 e. The Balaban J connectivity index is 1.17. The fraction of sp³-hybridized carbons (Fsp3) is 0.394. The Bertz CT molecular complexity index is 1930. The summed E-state index contributed by atoms with van der Waals surface area (Å²) >= 11 is 13.3. The highest BCUT2D eigenvalue weighted by molar-refractivity contribution is 7.89. The molecule has 2 aromatic heterocycles. The Morgan fingerprint density at radius 3 is 2.62 bits per heavy atom. The molecule has 0 saturated carbocycles. The van der Waals surface area contributed by atoms with Crippen LogP contribution in [-0.4, -0.2) is 87.9 Å². The van der Waals surface area contributed by atoms with Gasteiger partial charge in [0.05, 0.1) is 23.6 Å². The quantitative estimate of drug-likeness (QED) is 0.226. The maximum Gasteiger partial charge on any atom is 0.317 e. The minimum Gasteiger partial charge on any atom is -0.487 e. The Kier molecular flexibility index (Phi) is 10.2. The minimum absolute atomic E-state index is 0.00292. The van der Waals surface area contributed by atoms with Gasteiger partial charge in [-0.05, 0) is 75.9 Å². The molecule has 0 radical (unpaired) electrons. The predicted molar refractivity (Wildman–Crippen MR) is 181 cm³/mol. The molecule has 0 unspecified atom stereocenters. The Hall–Kier alpha value is -3.75. The molecular weight excluding hydrogens is 679 g/mol. The number of hydrogen-bond donors (Lipinski definition) is 2. The number of ether oxygens (including phenoxy) is 1. The van der Waals surface area contributed by atoms with Crippen LogP contribution in [0.5, 0.6) is 5.75 Å². The number of halogens is 2. The number of carboxylic acid groups (broad SMARTS) is 1. The Morgan fingerprint density at radius 1 is 1.10 bits per heavy atom. The molecule has 254 valence electrons. The van der Waals surface area contributed by atoms with Gasteiger partial charge in [0.1, 0.15) is 28.8 Å². The van der Waals surface area contributed by atoms with Gasteiger partial charge in [0.15, 0.2) is 0 Å². The molecule has 1 amide bonds. The Labute approximate surface area is 288 Å². The minimum atomic E-state index is -4.18. The lowest BCUT2D eigenvalue weighted by atomic mass is 9.96. The van der Waals surface area contributed by atoms with Gasteiger partial charge in [0.2, 0.25) is 15.9 Å². The highest BCUT2D eigenvalue weighted by Crippen LogP contribution is 2.37. The molecule has 0 spiro atoms. The average Bonchev–Trinajstić information content (AvgIpc) is 3.77. The zero-order valence-electron chi connectivity index (χ0n) is 26.3. The van der Waals surface area contributed by atoms with Crippen molar-refractivity contribution in [3.63, 3.8) is 0 Å². The van der Waals surface area contributed by atoms with Crippen molar-refractivity contribution in [2.45, 2.75) is 50.2 Å². The van der Waals surface area contributed by atoms with Gasteiger partial charge >= 0.3 is 5.97 Å². The van der Waals surface area contributed by atoms with Crippen LogP contribution >= 0.6 is 23.2 Å². The lowest BCUT2D eigenvalue weighted by Gasteiger charge is -2.31. The molecule has 6 rings (SSSR count). The van der Waals surface area contributed by atoms with Gasteiger partial charge < -0.3 is 19.7 Å². The van der Waals surface area contributed by atoms with Crippen LogP contribution in [0.3, 0.4) is 0 Å². The number of likely N-dealkylation sites (tertiary alicyclic amines) is 1. The number of imidazole rings is 1. The molecule has 4 aromatic rings. The van der Waals surface area contributed by atoms with E-state index in [1.807, 2.05) is 40.8 Å². The number of piperidine rings is 1. The number of benzene rings is 2. The lowest BCUT2D eigenvalue weighted by molar-refractivity contribution is -0.138. The number of carboxylic acids is 1. The summed E-state index contributed by atoms with van der Waals surface area (Å²) in [6, 6.07) is 9.48. The summed E-state index contributed by atoms with van der Waals surface area (Å²) in [5, 5.41) is 13.0. The van der Waals surface area contributed by atoms with Gasteiger partial charge in [-0.1, -0.05) is 35.3 Å². The number of pyridine rings is 1. The molecule has 2 aliphatic rings. The third-order valence-corrected chi connectivity index (χ3v) is 11.8. The number of carbonyl (C=O) groups is 2. The number of fused-ring (bicyclic) bond motifs is 1. The van der Waals surface area contributed by atoms with E-state index >= 15 is 0 Å². The molecule has 15 heteroatoms. The molecule has 2 fully saturated rings. The molecule has 1 atom stereocenters. The first-order valence-corrected chi connectivity index (χ1v) is 17.9. The third kappa shape index (κ3) is 7.15. The first-order chi connectivity index (χ1) is 23.0. The van der Waals surface area contributed by atoms with Crippen LogP contribution in [0, 0.1) is 12.8 Å². The maximum absolute atomic E-state index is 14.0. The van der Waals surface area contributed by atoms with Crippen molar-refractivity contribution in [1.82, 2.24) is 29.1 Å². The number of aromatic nitrogens is 3. The molecule has 2 saturated heterocycles. The summed E-state index contributed by atoms with van der Waals surface area (Å²) in [6.45, 7) is 3.63. The largest absolute Gasteiger partial charge is 0.487 e. The lowest BCUT2D eigenvalue weighted by Crippen LogP contribution is -2.48. The van der Waals surface area contributed by atoms with E-state index < -0.39 is 22.0 Å². The van der Waals surface area contributed by atoms with Crippen LogP contribution in [0.2, 0.25) is 10.0 Å². The first kappa shape index (κ1) is 34.1. The number of para-hydroxylation sites is 1. The molecule has 2 aliphatic heterocycles. The van der Waals surface area contributed by atoms with E-state index in [0.717, 1.165) is 29.6 Å². The number of amides is 1. The summed E-state index contributed by atoms with van der Waals surface area (Å²) in [5.41, 5.74) is 2.58. The van der Waals surface area contributed by atoms with Gasteiger partial charge in [0.25, 0.3) is 0 Å². The molecule has 2 N–H and O–H groups in total. The number of nitrogens with zero attached hydrogens (tertiary/aromatic N) is 5. The second-order valence-electron chi connectivity index (χ2n) is 12.2. The second kappa shape index (κ2) is 14.4. The van der Waals surface area contributed by atoms with Crippen LogP contribution in [-0.2, 0) is 26.2 Å². The molecule has 48 heavy (non-hydrogen) atoms. The van der Waals surface area contributed by atoms with Crippen LogP contribution in [0.4, 0.5) is 0 Å². The molecule has 4 heterocycles. The standard InChI is InChI=1S/C33H36Cl2N6O6S/c1-21-16-27(40-15-11-36-20-40)23-4-2-6-28(32(23)38-21)47-19-24-25(34)7-8-29(31(24)35)48(45,46)41-12-3-5-26(41)33(44)37-17-22-9-13-39(14-10-22)18-30(42)43/h2,4,6-8,11,15-16,20,22,26H,3,5,9-10,12-14,17-19H2,1H3,(H,37,44)(H,42,43)/t26-/m0/s1. The van der Waals surface area contributed by atoms with Crippen molar-refractivity contribution in [2.75, 3.05) is 32.7 Å². The topological polar surface area (TPSA) is 147 Å². The highest BCUT2D eigenvalue weighted by atomic mass is 35.5. The fourth-order valence-corrected chi connectivity index (χ4v) is 8.96. The van der Waals surface area contributed by atoms with Crippen molar-refractivity contribution in [1.29, 1.82) is 0 Å². The number of rotatable bonds is 11. The van der Waals surface area contributed by atoms with Gasteiger partial charge in [-0.15, -0.1) is 0 Å². The number of aryl methyl sites for hydroxylation is 1. The Morgan fingerprint density at radius 2 is 1.90 bits per heavy atom. The van der Waals surface area contributed by atoms with Gasteiger partial charge in [0, 0.05) is 47.1 Å². The number of sulfonamides is 1. The zero-order chi connectivity index (χ0) is 34.0. The van der Waals surface area contributed by atoms with Crippen molar-refractivity contribution in [3.05, 3.63) is 76.4 Å². The van der Waals surface area contributed by atoms with Crippen LogP contribution in [0.25, 0.3) is 16.6 Å². The van der Waals surface area contributed by atoms with E-state index in [2.05, 4.69) is 10.3 Å². The maximum atomic E-state index is 14.0. The summed E-state index contributed by atoms with van der Waals surface area (Å²) in [7, 11) is -4.18. The summed E-state index contributed by atoms with van der Waals surface area (Å²) in [5.74, 6) is -0.548. The number of carbonyl (C=O) groups excluding carboxylic acids is 1. The third-order valence-electron chi connectivity index (χ3n) is 8.94.